The lowest BCUT2D eigenvalue weighted by Crippen LogP contribution is -2.47. The van der Waals surface area contributed by atoms with Crippen molar-refractivity contribution in [3.63, 3.8) is 0 Å². The van der Waals surface area contributed by atoms with Crippen molar-refractivity contribution >= 4 is 18.0 Å². The van der Waals surface area contributed by atoms with Gasteiger partial charge >= 0.3 is 6.09 Å². The number of rotatable bonds is 4. The lowest BCUT2D eigenvalue weighted by atomic mass is 9.99. The van der Waals surface area contributed by atoms with E-state index in [1.807, 2.05) is 39.0 Å². The van der Waals surface area contributed by atoms with Gasteiger partial charge in [-0.15, -0.1) is 0 Å². The number of aliphatic hydroxyl groups excluding tert-OH is 1. The van der Waals surface area contributed by atoms with Crippen LogP contribution in [0.1, 0.15) is 51.7 Å². The molecule has 1 fully saturated rings. The summed E-state index contributed by atoms with van der Waals surface area (Å²) in [6, 6.07) is 5.98. The van der Waals surface area contributed by atoms with E-state index >= 15 is 0 Å². The zero-order valence-corrected chi connectivity index (χ0v) is 20.1. The molecular formula is C24H36N4O5. The number of likely N-dealkylation sites (tertiary alicyclic amines) is 1. The molecule has 2 N–H and O–H groups in total. The number of carbonyl (C=O) groups excluding carboxylic acids is 2. The molecule has 1 aromatic rings. The fourth-order valence-corrected chi connectivity index (χ4v) is 3.99. The van der Waals surface area contributed by atoms with Gasteiger partial charge in [0.15, 0.2) is 0 Å². The van der Waals surface area contributed by atoms with E-state index in [4.69, 9.17) is 19.6 Å². The van der Waals surface area contributed by atoms with Crippen molar-refractivity contribution in [1.82, 2.24) is 15.1 Å². The minimum Gasteiger partial charge on any atom is -0.491 e. The van der Waals surface area contributed by atoms with Crippen LogP contribution in [-0.2, 0) is 22.5 Å². The molecule has 0 aliphatic carbocycles. The first-order valence-corrected chi connectivity index (χ1v) is 11.6. The number of aliphatic imine (C=N–C) groups is 1. The van der Waals surface area contributed by atoms with Crippen molar-refractivity contribution in [1.29, 1.82) is 0 Å². The molecule has 33 heavy (non-hydrogen) atoms. The SMILES string of the molecule is CC(=O)NC(=NC1CCN(C(=O)OC(C)(C)C)CC1)N1CCc2cc(OCCO)ccc2C1. The summed E-state index contributed by atoms with van der Waals surface area (Å²) in [5.41, 5.74) is 1.85. The highest BCUT2D eigenvalue weighted by Gasteiger charge is 2.28. The summed E-state index contributed by atoms with van der Waals surface area (Å²) in [4.78, 5) is 32.9. The summed E-state index contributed by atoms with van der Waals surface area (Å²) in [6.07, 6.45) is 1.96. The molecule has 9 heteroatoms. The molecular weight excluding hydrogens is 424 g/mol. The number of piperidine rings is 1. The third-order valence-corrected chi connectivity index (χ3v) is 5.56. The fourth-order valence-electron chi connectivity index (χ4n) is 3.99. The number of guanidine groups is 1. The maximum absolute atomic E-state index is 12.3. The smallest absolute Gasteiger partial charge is 0.410 e. The van der Waals surface area contributed by atoms with E-state index in [2.05, 4.69) is 10.2 Å². The molecule has 0 unspecified atom stereocenters. The Morgan fingerprint density at radius 3 is 2.52 bits per heavy atom. The number of aliphatic hydroxyl groups is 1. The lowest BCUT2D eigenvalue weighted by Gasteiger charge is -2.34. The Labute approximate surface area is 195 Å². The van der Waals surface area contributed by atoms with Crippen LogP contribution in [0.15, 0.2) is 23.2 Å². The van der Waals surface area contributed by atoms with Gasteiger partial charge in [-0.3, -0.25) is 10.1 Å². The molecule has 2 aliphatic rings. The van der Waals surface area contributed by atoms with Gasteiger partial charge in [-0.1, -0.05) is 6.07 Å². The molecule has 0 spiro atoms. The molecule has 2 heterocycles. The van der Waals surface area contributed by atoms with E-state index in [0.717, 1.165) is 37.1 Å². The number of fused-ring (bicyclic) bond motifs is 1. The standard InChI is InChI=1S/C24H36N4O5/c1-17(30)25-22(26-20-8-11-27(12-9-20)23(31)33-24(2,3)4)28-10-7-18-15-21(32-14-13-29)6-5-19(18)16-28/h5-6,15,20,29H,7-14,16H2,1-4H3,(H,25,26,30). The van der Waals surface area contributed by atoms with Crippen LogP contribution < -0.4 is 10.1 Å². The van der Waals surface area contributed by atoms with Gasteiger partial charge in [-0.05, 0) is 63.3 Å². The number of carbonyl (C=O) groups is 2. The molecule has 182 valence electrons. The van der Waals surface area contributed by atoms with Gasteiger partial charge in [0, 0.05) is 33.1 Å². The van der Waals surface area contributed by atoms with Gasteiger partial charge in [-0.2, -0.15) is 0 Å². The highest BCUT2D eigenvalue weighted by molar-refractivity contribution is 5.96. The minimum atomic E-state index is -0.513. The van der Waals surface area contributed by atoms with Crippen molar-refractivity contribution in [3.8, 4) is 5.75 Å². The van der Waals surface area contributed by atoms with Gasteiger partial charge in [0.2, 0.25) is 11.9 Å². The van der Waals surface area contributed by atoms with Crippen LogP contribution in [0.3, 0.4) is 0 Å². The van der Waals surface area contributed by atoms with Gasteiger partial charge in [-0.25, -0.2) is 9.79 Å². The zero-order chi connectivity index (χ0) is 24.0. The maximum atomic E-state index is 12.3. The molecule has 0 aromatic heterocycles. The maximum Gasteiger partial charge on any atom is 0.410 e. The van der Waals surface area contributed by atoms with E-state index in [-0.39, 0.29) is 31.3 Å². The topological polar surface area (TPSA) is 104 Å². The summed E-state index contributed by atoms with van der Waals surface area (Å²) in [7, 11) is 0. The summed E-state index contributed by atoms with van der Waals surface area (Å²) in [5.74, 6) is 1.19. The van der Waals surface area contributed by atoms with Crippen LogP contribution >= 0.6 is 0 Å². The summed E-state index contributed by atoms with van der Waals surface area (Å²) >= 11 is 0. The van der Waals surface area contributed by atoms with Crippen LogP contribution in [0.4, 0.5) is 4.79 Å². The first-order chi connectivity index (χ1) is 15.6. The first-order valence-electron chi connectivity index (χ1n) is 11.6. The number of benzene rings is 1. The Morgan fingerprint density at radius 2 is 1.88 bits per heavy atom. The van der Waals surface area contributed by atoms with Crippen molar-refractivity contribution in [2.75, 3.05) is 32.8 Å². The van der Waals surface area contributed by atoms with Crippen molar-refractivity contribution in [2.24, 2.45) is 4.99 Å². The van der Waals surface area contributed by atoms with Gasteiger partial charge in [0.25, 0.3) is 0 Å². The van der Waals surface area contributed by atoms with E-state index in [0.29, 0.717) is 25.6 Å². The third-order valence-electron chi connectivity index (χ3n) is 5.56. The second-order valence-electron chi connectivity index (χ2n) is 9.51. The van der Waals surface area contributed by atoms with Crippen molar-refractivity contribution in [2.45, 2.75) is 65.1 Å². The van der Waals surface area contributed by atoms with E-state index in [9.17, 15) is 9.59 Å². The Balaban J connectivity index is 1.64. The summed E-state index contributed by atoms with van der Waals surface area (Å²) in [5, 5.41) is 11.9. The molecule has 0 bridgehead atoms. The first kappa shape index (κ1) is 24.8. The second-order valence-corrected chi connectivity index (χ2v) is 9.51. The normalized spacial score (nSPS) is 17.4. The monoisotopic (exact) mass is 460 g/mol. The Morgan fingerprint density at radius 1 is 1.15 bits per heavy atom. The summed E-state index contributed by atoms with van der Waals surface area (Å²) in [6.45, 7) is 9.87. The van der Waals surface area contributed by atoms with Crippen LogP contribution in [0.5, 0.6) is 5.75 Å². The fraction of sp³-hybridized carbons (Fsp3) is 0.625. The van der Waals surface area contributed by atoms with Gasteiger partial charge < -0.3 is 24.4 Å². The van der Waals surface area contributed by atoms with E-state index in [1.165, 1.54) is 12.5 Å². The highest BCUT2D eigenvalue weighted by atomic mass is 16.6. The van der Waals surface area contributed by atoms with Crippen LogP contribution in [0.2, 0.25) is 0 Å². The third kappa shape index (κ3) is 7.35. The minimum absolute atomic E-state index is 0.0158. The quantitative estimate of drug-likeness (QED) is 0.528. The number of hydrogen-bond acceptors (Lipinski definition) is 6. The average Bonchev–Trinajstić information content (AvgIpc) is 2.75. The van der Waals surface area contributed by atoms with Gasteiger partial charge in [0.05, 0.1) is 12.6 Å². The molecule has 0 atom stereocenters. The molecule has 0 saturated carbocycles. The zero-order valence-electron chi connectivity index (χ0n) is 20.1. The predicted octanol–water partition coefficient (Wildman–Crippen LogP) is 2.31. The molecule has 1 aromatic carbocycles. The molecule has 2 aliphatic heterocycles. The van der Waals surface area contributed by atoms with Gasteiger partial charge in [0.1, 0.15) is 18.0 Å². The Bertz CT molecular complexity index is 872. The largest absolute Gasteiger partial charge is 0.491 e. The highest BCUT2D eigenvalue weighted by Crippen LogP contribution is 2.25. The number of nitrogens with one attached hydrogen (secondary N) is 1. The van der Waals surface area contributed by atoms with Crippen LogP contribution in [0.25, 0.3) is 0 Å². The van der Waals surface area contributed by atoms with Crippen LogP contribution in [0, 0.1) is 0 Å². The van der Waals surface area contributed by atoms with E-state index < -0.39 is 5.60 Å². The number of amides is 2. The predicted molar refractivity (Wildman–Crippen MR) is 125 cm³/mol. The van der Waals surface area contributed by atoms with Crippen LogP contribution in [-0.4, -0.2) is 77.4 Å². The number of nitrogens with zero attached hydrogens (tertiary/aromatic N) is 3. The molecule has 2 amide bonds. The Kier molecular flexibility index (Phi) is 8.18. The number of hydrogen-bond donors (Lipinski definition) is 2. The number of ether oxygens (including phenoxy) is 2. The lowest BCUT2D eigenvalue weighted by molar-refractivity contribution is -0.117. The Hall–Kier alpha value is -2.81. The molecule has 3 rings (SSSR count). The second kappa shape index (κ2) is 10.9. The average molecular weight is 461 g/mol. The van der Waals surface area contributed by atoms with Crippen molar-refractivity contribution < 1.29 is 24.2 Å². The molecule has 0 radical (unpaired) electrons. The summed E-state index contributed by atoms with van der Waals surface area (Å²) < 4.78 is 11.0. The van der Waals surface area contributed by atoms with E-state index in [1.54, 1.807) is 4.90 Å². The molecule has 1 saturated heterocycles. The van der Waals surface area contributed by atoms with Crippen molar-refractivity contribution in [3.05, 3.63) is 29.3 Å². The molecule has 9 nitrogen and oxygen atoms in total.